The average molecular weight is 386 g/mol. The minimum Gasteiger partial charge on any atom is -0.459 e. The first-order chi connectivity index (χ1) is 12.8. The summed E-state index contributed by atoms with van der Waals surface area (Å²) in [6, 6.07) is 12.1. The summed E-state index contributed by atoms with van der Waals surface area (Å²) in [6.07, 6.45) is 3.43. The molecule has 0 N–H and O–H groups in total. The third-order valence-electron chi connectivity index (χ3n) is 4.34. The molecule has 0 atom stereocenters. The number of anilines is 1. The molecule has 1 aliphatic heterocycles. The van der Waals surface area contributed by atoms with Crippen LogP contribution in [0.4, 0.5) is 5.13 Å². The Morgan fingerprint density at radius 3 is 2.69 bits per heavy atom. The summed E-state index contributed by atoms with van der Waals surface area (Å²) in [4.78, 5) is 22.5. The Bertz CT molecular complexity index is 841. The molecule has 5 nitrogen and oxygen atoms in total. The Balaban J connectivity index is 1.37. The highest BCUT2D eigenvalue weighted by molar-refractivity contribution is 7.98. The van der Waals surface area contributed by atoms with Gasteiger partial charge in [-0.3, -0.25) is 4.79 Å². The lowest BCUT2D eigenvalue weighted by molar-refractivity contribution is 0.0713. The van der Waals surface area contributed by atoms with Crippen molar-refractivity contribution in [2.24, 2.45) is 0 Å². The minimum absolute atomic E-state index is 0.0162. The van der Waals surface area contributed by atoms with E-state index < -0.39 is 0 Å². The largest absolute Gasteiger partial charge is 0.459 e. The van der Waals surface area contributed by atoms with Crippen LogP contribution in [0.25, 0.3) is 0 Å². The zero-order valence-corrected chi connectivity index (χ0v) is 15.8. The predicted octanol–water partition coefficient (Wildman–Crippen LogP) is 3.99. The van der Waals surface area contributed by atoms with Gasteiger partial charge in [0.15, 0.2) is 10.9 Å². The van der Waals surface area contributed by atoms with E-state index in [1.807, 2.05) is 40.7 Å². The number of amides is 1. The van der Waals surface area contributed by atoms with Gasteiger partial charge < -0.3 is 14.2 Å². The van der Waals surface area contributed by atoms with Gasteiger partial charge in [-0.1, -0.05) is 18.2 Å². The Morgan fingerprint density at radius 2 is 1.96 bits per heavy atom. The van der Waals surface area contributed by atoms with Crippen LogP contribution in [0.15, 0.2) is 63.6 Å². The number of rotatable bonds is 5. The van der Waals surface area contributed by atoms with Gasteiger partial charge in [-0.25, -0.2) is 4.98 Å². The molecule has 0 bridgehead atoms. The molecule has 0 spiro atoms. The Labute approximate surface area is 160 Å². The fourth-order valence-corrected chi connectivity index (χ4v) is 4.53. The maximum absolute atomic E-state index is 12.9. The van der Waals surface area contributed by atoms with E-state index in [9.17, 15) is 4.79 Å². The fraction of sp³-hybridized carbons (Fsp3) is 0.263. The van der Waals surface area contributed by atoms with Crippen LogP contribution < -0.4 is 4.90 Å². The number of nitrogens with zero attached hydrogens (tertiary/aromatic N) is 3. The van der Waals surface area contributed by atoms with Gasteiger partial charge in [-0.2, -0.15) is 0 Å². The van der Waals surface area contributed by atoms with Crippen LogP contribution >= 0.6 is 23.1 Å². The molecule has 1 amide bonds. The van der Waals surface area contributed by atoms with Crippen LogP contribution in [0.2, 0.25) is 0 Å². The number of thioether (sulfide) groups is 1. The molecule has 0 unspecified atom stereocenters. The van der Waals surface area contributed by atoms with Crippen LogP contribution in [-0.4, -0.2) is 42.0 Å². The number of carbonyl (C=O) groups excluding carboxylic acids is 1. The zero-order chi connectivity index (χ0) is 17.8. The van der Waals surface area contributed by atoms with Crippen molar-refractivity contribution in [2.45, 2.75) is 10.6 Å². The van der Waals surface area contributed by atoms with Gasteiger partial charge >= 0.3 is 0 Å². The van der Waals surface area contributed by atoms with Crippen molar-refractivity contribution in [1.82, 2.24) is 9.88 Å². The molecule has 1 aliphatic rings. The third-order valence-corrected chi connectivity index (χ3v) is 6.23. The molecule has 1 saturated heterocycles. The van der Waals surface area contributed by atoms with Gasteiger partial charge in [-0.05, 0) is 18.2 Å². The molecule has 0 aliphatic carbocycles. The topological polar surface area (TPSA) is 49.6 Å². The smallest absolute Gasteiger partial charge is 0.289 e. The van der Waals surface area contributed by atoms with Gasteiger partial charge in [0.2, 0.25) is 0 Å². The lowest BCUT2D eigenvalue weighted by Crippen LogP contribution is -2.48. The van der Waals surface area contributed by atoms with E-state index in [1.54, 1.807) is 29.4 Å². The molecular formula is C19H19N3O2S2. The average Bonchev–Trinajstić information content (AvgIpc) is 3.39. The zero-order valence-electron chi connectivity index (χ0n) is 14.2. The molecule has 7 heteroatoms. The number of piperazine rings is 1. The minimum atomic E-state index is -0.0162. The van der Waals surface area contributed by atoms with Crippen LogP contribution in [0, 0.1) is 0 Å². The van der Waals surface area contributed by atoms with Crippen molar-refractivity contribution >= 4 is 34.1 Å². The Kier molecular flexibility index (Phi) is 5.26. The second-order valence-electron chi connectivity index (χ2n) is 5.97. The maximum Gasteiger partial charge on any atom is 0.289 e. The molecule has 1 aromatic carbocycles. The fourth-order valence-electron chi connectivity index (χ4n) is 2.93. The first-order valence-electron chi connectivity index (χ1n) is 8.49. The summed E-state index contributed by atoms with van der Waals surface area (Å²) >= 11 is 3.34. The lowest BCUT2D eigenvalue weighted by Gasteiger charge is -2.34. The molecule has 26 heavy (non-hydrogen) atoms. The Hall–Kier alpha value is -2.25. The third kappa shape index (κ3) is 3.78. The molecule has 3 heterocycles. The quantitative estimate of drug-likeness (QED) is 0.622. The maximum atomic E-state index is 12.9. The molecular weight excluding hydrogens is 366 g/mol. The molecule has 3 aromatic rings. The Morgan fingerprint density at radius 1 is 1.15 bits per heavy atom. The van der Waals surface area contributed by atoms with Crippen molar-refractivity contribution in [3.63, 3.8) is 0 Å². The highest BCUT2D eigenvalue weighted by Gasteiger charge is 2.26. The molecule has 0 radical (unpaired) electrons. The van der Waals surface area contributed by atoms with Gasteiger partial charge in [0.25, 0.3) is 5.91 Å². The second kappa shape index (κ2) is 7.97. The van der Waals surface area contributed by atoms with E-state index in [1.165, 1.54) is 4.90 Å². The number of thiazole rings is 1. The summed E-state index contributed by atoms with van der Waals surface area (Å²) < 4.78 is 5.54. The van der Waals surface area contributed by atoms with Gasteiger partial charge in [0.1, 0.15) is 0 Å². The number of carbonyl (C=O) groups is 1. The van der Waals surface area contributed by atoms with E-state index in [-0.39, 0.29) is 5.91 Å². The number of hydrogen-bond donors (Lipinski definition) is 0. The van der Waals surface area contributed by atoms with E-state index in [2.05, 4.69) is 22.0 Å². The van der Waals surface area contributed by atoms with Gasteiger partial charge in [0, 0.05) is 54.0 Å². The summed E-state index contributed by atoms with van der Waals surface area (Å²) in [6.45, 7) is 2.97. The van der Waals surface area contributed by atoms with Crippen LogP contribution in [0.5, 0.6) is 0 Å². The first kappa shape index (κ1) is 17.2. The van der Waals surface area contributed by atoms with E-state index >= 15 is 0 Å². The number of furan rings is 1. The predicted molar refractivity (Wildman–Crippen MR) is 105 cm³/mol. The van der Waals surface area contributed by atoms with Gasteiger partial charge in [-0.15, -0.1) is 23.1 Å². The lowest BCUT2D eigenvalue weighted by atomic mass is 10.2. The van der Waals surface area contributed by atoms with Crippen LogP contribution in [-0.2, 0) is 5.75 Å². The van der Waals surface area contributed by atoms with E-state index in [4.69, 9.17) is 4.42 Å². The normalized spacial score (nSPS) is 14.6. The number of aromatic nitrogens is 1. The van der Waals surface area contributed by atoms with Crippen LogP contribution in [0.1, 0.15) is 16.1 Å². The monoisotopic (exact) mass is 385 g/mol. The molecule has 134 valence electrons. The van der Waals surface area contributed by atoms with E-state index in [0.717, 1.165) is 29.5 Å². The first-order valence-corrected chi connectivity index (χ1v) is 10.4. The molecule has 1 fully saturated rings. The highest BCUT2D eigenvalue weighted by Crippen LogP contribution is 2.26. The standard InChI is InChI=1S/C19H19N3O2S2/c23-18(21-8-10-22(11-9-21)19-20-7-13-25-19)17-15(6-12-24-17)14-26-16-4-2-1-3-5-16/h1-7,12-13H,8-11,14H2. The van der Waals surface area contributed by atoms with Crippen molar-refractivity contribution in [1.29, 1.82) is 0 Å². The summed E-state index contributed by atoms with van der Waals surface area (Å²) in [5.74, 6) is 1.18. The molecule has 2 aromatic heterocycles. The van der Waals surface area contributed by atoms with Crippen molar-refractivity contribution in [3.8, 4) is 0 Å². The molecule has 0 saturated carbocycles. The van der Waals surface area contributed by atoms with Crippen LogP contribution in [0.3, 0.4) is 0 Å². The van der Waals surface area contributed by atoms with Crippen molar-refractivity contribution in [2.75, 3.05) is 31.1 Å². The second-order valence-corrected chi connectivity index (χ2v) is 7.89. The van der Waals surface area contributed by atoms with E-state index in [0.29, 0.717) is 18.8 Å². The van der Waals surface area contributed by atoms with Crippen molar-refractivity contribution < 1.29 is 9.21 Å². The SMILES string of the molecule is O=C(c1occc1CSc1ccccc1)N1CCN(c2nccs2)CC1. The van der Waals surface area contributed by atoms with Gasteiger partial charge in [0.05, 0.1) is 6.26 Å². The highest BCUT2D eigenvalue weighted by atomic mass is 32.2. The number of hydrogen-bond acceptors (Lipinski definition) is 6. The number of benzene rings is 1. The summed E-state index contributed by atoms with van der Waals surface area (Å²) in [5.41, 5.74) is 0.950. The molecule has 4 rings (SSSR count). The van der Waals surface area contributed by atoms with Crippen molar-refractivity contribution in [3.05, 3.63) is 65.6 Å². The summed E-state index contributed by atoms with van der Waals surface area (Å²) in [5, 5.41) is 3.00. The summed E-state index contributed by atoms with van der Waals surface area (Å²) in [7, 11) is 0.